The van der Waals surface area contributed by atoms with Gasteiger partial charge in [0.1, 0.15) is 0 Å². The van der Waals surface area contributed by atoms with Gasteiger partial charge in [-0.25, -0.2) is 0 Å². The quantitative estimate of drug-likeness (QED) is 0.462. The van der Waals surface area contributed by atoms with Crippen LogP contribution in [0.3, 0.4) is 0 Å². The number of benzene rings is 2. The van der Waals surface area contributed by atoms with Crippen molar-refractivity contribution in [2.45, 2.75) is 13.3 Å². The highest BCUT2D eigenvalue weighted by atomic mass is 16.7. The molecule has 0 radical (unpaired) electrons. The summed E-state index contributed by atoms with van der Waals surface area (Å²) in [7, 11) is 1.59. The van der Waals surface area contributed by atoms with Gasteiger partial charge in [-0.05, 0) is 22.9 Å². The van der Waals surface area contributed by atoms with Gasteiger partial charge in [-0.2, -0.15) is 0 Å². The Morgan fingerprint density at radius 1 is 0.952 bits per heavy atom. The van der Waals surface area contributed by atoms with E-state index < -0.39 is 0 Å². The molecule has 0 aliphatic heterocycles. The maximum Gasteiger partial charge on any atom is 0.223 e. The average molecular weight is 285 g/mol. The van der Waals surface area contributed by atoms with E-state index >= 15 is 0 Å². The Morgan fingerprint density at radius 2 is 1.62 bits per heavy atom. The molecule has 0 amide bonds. The molecule has 4 nitrogen and oxygen atoms in total. The van der Waals surface area contributed by atoms with Gasteiger partial charge < -0.3 is 14.3 Å². The molecule has 0 saturated heterocycles. The minimum absolute atomic E-state index is 0.483. The molecule has 0 aliphatic rings. The minimum atomic E-state index is 0.483. The van der Waals surface area contributed by atoms with Crippen LogP contribution in [0.2, 0.25) is 0 Å². The number of hydrogen-bond acceptors (Lipinski definition) is 4. The molecule has 0 saturated carbocycles. The largest absolute Gasteiger partial charge is 0.493 e. The topological polar surface area (TPSA) is 40.0 Å². The molecule has 0 fully saturated rings. The summed E-state index contributed by atoms with van der Waals surface area (Å²) in [5.74, 6) is 1.68. The maximum absolute atomic E-state index is 5.53. The van der Waals surface area contributed by atoms with Crippen molar-refractivity contribution in [1.29, 1.82) is 0 Å². The van der Waals surface area contributed by atoms with Crippen LogP contribution in [0.4, 0.5) is 0 Å². The number of para-hydroxylation sites is 2. The summed E-state index contributed by atoms with van der Waals surface area (Å²) in [6.07, 6.45) is 0.836. The summed E-state index contributed by atoms with van der Waals surface area (Å²) in [4.78, 5) is 5.33. The van der Waals surface area contributed by atoms with Crippen LogP contribution in [-0.2, 0) is 11.2 Å². The Hall–Kier alpha value is -2.49. The van der Waals surface area contributed by atoms with Crippen molar-refractivity contribution in [1.82, 2.24) is 0 Å². The third-order valence-corrected chi connectivity index (χ3v) is 2.89. The molecule has 4 heteroatoms. The van der Waals surface area contributed by atoms with Crippen LogP contribution in [-0.4, -0.2) is 19.6 Å². The summed E-state index contributed by atoms with van der Waals surface area (Å²) in [6, 6.07) is 17.5. The van der Waals surface area contributed by atoms with Crippen LogP contribution in [0.1, 0.15) is 12.5 Å². The fraction of sp³-hybridized carbons (Fsp3) is 0.235. The van der Waals surface area contributed by atoms with Gasteiger partial charge in [0.15, 0.2) is 11.5 Å². The summed E-state index contributed by atoms with van der Waals surface area (Å²) in [6.45, 7) is 2.33. The van der Waals surface area contributed by atoms with Crippen molar-refractivity contribution in [2.75, 3.05) is 13.7 Å². The highest BCUT2D eigenvalue weighted by Gasteiger charge is 2.02. The Kier molecular flexibility index (Phi) is 5.64. The molecule has 0 atom stereocenters. The number of ether oxygens (including phenoxy) is 2. The summed E-state index contributed by atoms with van der Waals surface area (Å²) in [5, 5.41) is 3.95. The van der Waals surface area contributed by atoms with Crippen molar-refractivity contribution in [3.8, 4) is 11.5 Å². The minimum Gasteiger partial charge on any atom is -0.493 e. The molecule has 0 bridgehead atoms. The summed E-state index contributed by atoms with van der Waals surface area (Å²) < 4.78 is 10.7. The molecule has 2 aromatic rings. The number of rotatable bonds is 6. The van der Waals surface area contributed by atoms with Gasteiger partial charge in [-0.1, -0.05) is 42.5 Å². The second-order valence-corrected chi connectivity index (χ2v) is 4.44. The Morgan fingerprint density at radius 3 is 2.33 bits per heavy atom. The van der Waals surface area contributed by atoms with Crippen LogP contribution in [0.25, 0.3) is 0 Å². The lowest BCUT2D eigenvalue weighted by Crippen LogP contribution is -2.05. The van der Waals surface area contributed by atoms with Gasteiger partial charge in [-0.3, -0.25) is 0 Å². The van der Waals surface area contributed by atoms with Crippen molar-refractivity contribution < 1.29 is 14.3 Å². The van der Waals surface area contributed by atoms with Gasteiger partial charge >= 0.3 is 0 Å². The molecule has 0 unspecified atom stereocenters. The Labute approximate surface area is 125 Å². The van der Waals surface area contributed by atoms with E-state index in [-0.39, 0.29) is 0 Å². The summed E-state index contributed by atoms with van der Waals surface area (Å²) in [5.41, 5.74) is 1.23. The smallest absolute Gasteiger partial charge is 0.223 e. The van der Waals surface area contributed by atoms with E-state index in [2.05, 4.69) is 17.3 Å². The lowest BCUT2D eigenvalue weighted by atomic mass is 10.2. The molecule has 0 N–H and O–H groups in total. The predicted octanol–water partition coefficient (Wildman–Crippen LogP) is 3.67. The monoisotopic (exact) mass is 285 g/mol. The van der Waals surface area contributed by atoms with E-state index in [9.17, 15) is 0 Å². The number of methoxy groups -OCH3 is 1. The molecule has 0 aliphatic carbocycles. The average Bonchev–Trinajstić information content (AvgIpc) is 2.54. The van der Waals surface area contributed by atoms with Crippen LogP contribution in [0.5, 0.6) is 11.5 Å². The first-order valence-electron chi connectivity index (χ1n) is 6.81. The van der Waals surface area contributed by atoms with Crippen LogP contribution in [0, 0.1) is 0 Å². The molecular formula is C17H19NO3. The predicted molar refractivity (Wildman–Crippen MR) is 82.8 cm³/mol. The summed E-state index contributed by atoms with van der Waals surface area (Å²) >= 11 is 0. The fourth-order valence-corrected chi connectivity index (χ4v) is 1.80. The lowest BCUT2D eigenvalue weighted by molar-refractivity contribution is 0.259. The van der Waals surface area contributed by atoms with Crippen molar-refractivity contribution in [3.63, 3.8) is 0 Å². The van der Waals surface area contributed by atoms with E-state index in [0.29, 0.717) is 24.0 Å². The molecular weight excluding hydrogens is 266 g/mol. The van der Waals surface area contributed by atoms with E-state index in [1.165, 1.54) is 5.56 Å². The molecule has 2 rings (SSSR count). The first kappa shape index (κ1) is 14.9. The highest BCUT2D eigenvalue weighted by molar-refractivity contribution is 5.72. The second-order valence-electron chi connectivity index (χ2n) is 4.44. The molecule has 2 aromatic carbocycles. The van der Waals surface area contributed by atoms with Gasteiger partial charge in [0, 0.05) is 13.3 Å². The zero-order valence-corrected chi connectivity index (χ0v) is 12.3. The number of nitrogens with zero attached hydrogens (tertiary/aromatic N) is 1. The van der Waals surface area contributed by atoms with E-state index in [0.717, 1.165) is 6.42 Å². The molecule has 110 valence electrons. The second kappa shape index (κ2) is 7.94. The molecule has 21 heavy (non-hydrogen) atoms. The van der Waals surface area contributed by atoms with E-state index in [1.807, 2.05) is 36.4 Å². The van der Waals surface area contributed by atoms with Gasteiger partial charge in [-0.15, -0.1) is 0 Å². The van der Waals surface area contributed by atoms with E-state index in [4.69, 9.17) is 14.3 Å². The van der Waals surface area contributed by atoms with Crippen molar-refractivity contribution >= 4 is 5.90 Å². The first-order chi connectivity index (χ1) is 10.3. The number of oxime groups is 1. The van der Waals surface area contributed by atoms with Crippen LogP contribution in [0.15, 0.2) is 59.8 Å². The Balaban J connectivity index is 1.81. The van der Waals surface area contributed by atoms with Gasteiger partial charge in [0.2, 0.25) is 5.90 Å². The molecule has 0 heterocycles. The lowest BCUT2D eigenvalue weighted by Gasteiger charge is -2.07. The van der Waals surface area contributed by atoms with Crippen molar-refractivity contribution in [3.05, 3.63) is 60.2 Å². The standard InChI is InChI=1S/C17H19NO3/c1-14(20-13-12-15-8-4-3-5-9-15)18-21-17-11-7-6-10-16(17)19-2/h3-11H,12-13H2,1-2H3. The van der Waals surface area contributed by atoms with Crippen LogP contribution >= 0.6 is 0 Å². The van der Waals surface area contributed by atoms with Crippen LogP contribution < -0.4 is 9.57 Å². The molecule has 0 spiro atoms. The Bertz CT molecular complexity index is 582. The fourth-order valence-electron chi connectivity index (χ4n) is 1.80. The van der Waals surface area contributed by atoms with E-state index in [1.54, 1.807) is 20.1 Å². The normalized spacial score (nSPS) is 11.0. The third kappa shape index (κ3) is 4.84. The van der Waals surface area contributed by atoms with Gasteiger partial charge in [0.25, 0.3) is 0 Å². The maximum atomic E-state index is 5.53. The highest BCUT2D eigenvalue weighted by Crippen LogP contribution is 2.25. The molecule has 0 aromatic heterocycles. The zero-order chi connectivity index (χ0) is 14.9. The number of hydrogen-bond donors (Lipinski definition) is 0. The first-order valence-corrected chi connectivity index (χ1v) is 6.81. The van der Waals surface area contributed by atoms with Crippen molar-refractivity contribution in [2.24, 2.45) is 5.16 Å². The SMILES string of the molecule is COc1ccccc1ON=C(C)OCCc1ccccc1. The zero-order valence-electron chi connectivity index (χ0n) is 12.3. The third-order valence-electron chi connectivity index (χ3n) is 2.89. The van der Waals surface area contributed by atoms with Gasteiger partial charge in [0.05, 0.1) is 13.7 Å².